The number of amides is 1. The average molecular weight is 411 g/mol. The number of anilines is 1. The Morgan fingerprint density at radius 3 is 2.86 bits per heavy atom. The zero-order valence-corrected chi connectivity index (χ0v) is 16.7. The summed E-state index contributed by atoms with van der Waals surface area (Å²) in [4.78, 5) is 23.5. The van der Waals surface area contributed by atoms with E-state index >= 15 is 0 Å². The second-order valence-corrected chi connectivity index (χ2v) is 7.08. The fourth-order valence-corrected chi connectivity index (χ4v) is 3.17. The number of benzene rings is 1. The molecule has 0 aliphatic heterocycles. The number of esters is 1. The van der Waals surface area contributed by atoms with Gasteiger partial charge in [0, 0.05) is 18.4 Å². The molecule has 2 heterocycles. The van der Waals surface area contributed by atoms with Crippen LogP contribution in [0.2, 0.25) is 0 Å². The molecule has 1 aromatic carbocycles. The number of carbonyl (C=O) groups is 2. The summed E-state index contributed by atoms with van der Waals surface area (Å²) < 4.78 is 11.6. The van der Waals surface area contributed by atoms with E-state index in [0.29, 0.717) is 30.2 Å². The molecule has 1 N–H and O–H groups in total. The molecular weight excluding hydrogens is 390 g/mol. The molecule has 3 rings (SSSR count). The van der Waals surface area contributed by atoms with Crippen LogP contribution in [0.4, 0.5) is 5.69 Å². The number of nitrogens with one attached hydrogen (secondary N) is 1. The molecule has 0 aliphatic rings. The van der Waals surface area contributed by atoms with Crippen LogP contribution < -0.4 is 5.32 Å². The van der Waals surface area contributed by atoms with Crippen molar-refractivity contribution in [3.05, 3.63) is 77.4 Å². The molecule has 8 heteroatoms. The minimum Gasteiger partial charge on any atom is -0.463 e. The fraction of sp³-hybridized carbons (Fsp3) is 0.190. The molecule has 0 fully saturated rings. The fourth-order valence-electron chi connectivity index (χ4n) is 2.48. The van der Waals surface area contributed by atoms with Crippen molar-refractivity contribution in [3.63, 3.8) is 0 Å². The largest absolute Gasteiger partial charge is 0.463 e. The van der Waals surface area contributed by atoms with E-state index in [1.807, 2.05) is 41.8 Å². The Hall–Kier alpha value is -3.26. The standard InChI is InChI=1S/C21H21N3O4S/c1-27-21(26)19-8-7-18(28-19)15-24-14-17(13-22-24)23-20(25)10-12-29-11-9-16-5-3-2-4-6-16/h2-9,11,13-14H,10,12,15H2,1H3,(H,23,25). The van der Waals surface area contributed by atoms with Crippen molar-refractivity contribution in [2.24, 2.45) is 0 Å². The molecule has 0 bridgehead atoms. The van der Waals surface area contributed by atoms with Crippen LogP contribution in [0, 0.1) is 0 Å². The Morgan fingerprint density at radius 2 is 2.07 bits per heavy atom. The summed E-state index contributed by atoms with van der Waals surface area (Å²) in [6.07, 6.45) is 5.70. The first-order chi connectivity index (χ1) is 14.1. The summed E-state index contributed by atoms with van der Waals surface area (Å²) in [6.45, 7) is 0.340. The molecule has 0 saturated heterocycles. The van der Waals surface area contributed by atoms with Crippen LogP contribution in [0.25, 0.3) is 6.08 Å². The van der Waals surface area contributed by atoms with Crippen molar-refractivity contribution < 1.29 is 18.7 Å². The molecule has 0 spiro atoms. The monoisotopic (exact) mass is 411 g/mol. The summed E-state index contributed by atoms with van der Waals surface area (Å²) >= 11 is 1.59. The number of hydrogen-bond donors (Lipinski definition) is 1. The van der Waals surface area contributed by atoms with Crippen LogP contribution in [0.1, 0.15) is 28.3 Å². The average Bonchev–Trinajstić information content (AvgIpc) is 3.38. The van der Waals surface area contributed by atoms with Crippen molar-refractivity contribution in [2.75, 3.05) is 18.2 Å². The third-order valence-electron chi connectivity index (χ3n) is 3.89. The highest BCUT2D eigenvalue weighted by molar-refractivity contribution is 8.02. The normalized spacial score (nSPS) is 10.9. The van der Waals surface area contributed by atoms with Gasteiger partial charge in [-0.25, -0.2) is 4.79 Å². The molecular formula is C21H21N3O4S. The van der Waals surface area contributed by atoms with Crippen molar-refractivity contribution in [1.82, 2.24) is 9.78 Å². The highest BCUT2D eigenvalue weighted by Gasteiger charge is 2.12. The predicted molar refractivity (Wildman–Crippen MR) is 113 cm³/mol. The van der Waals surface area contributed by atoms with Gasteiger partial charge in [-0.15, -0.1) is 11.8 Å². The third-order valence-corrected chi connectivity index (χ3v) is 4.65. The lowest BCUT2D eigenvalue weighted by Gasteiger charge is -2.01. The molecule has 0 radical (unpaired) electrons. The Morgan fingerprint density at radius 1 is 1.24 bits per heavy atom. The Labute approximate surface area is 172 Å². The van der Waals surface area contributed by atoms with Crippen molar-refractivity contribution in [3.8, 4) is 0 Å². The Bertz CT molecular complexity index is 979. The maximum absolute atomic E-state index is 12.1. The van der Waals surface area contributed by atoms with Gasteiger partial charge in [0.1, 0.15) is 5.76 Å². The van der Waals surface area contributed by atoms with E-state index in [2.05, 4.69) is 15.2 Å². The van der Waals surface area contributed by atoms with E-state index in [1.54, 1.807) is 41.0 Å². The van der Waals surface area contributed by atoms with Crippen molar-refractivity contribution in [1.29, 1.82) is 0 Å². The van der Waals surface area contributed by atoms with Gasteiger partial charge in [-0.2, -0.15) is 5.10 Å². The summed E-state index contributed by atoms with van der Waals surface area (Å²) in [5.74, 6) is 0.790. The third kappa shape index (κ3) is 6.39. The minimum absolute atomic E-state index is 0.0730. The molecule has 7 nitrogen and oxygen atoms in total. The van der Waals surface area contributed by atoms with Gasteiger partial charge >= 0.3 is 5.97 Å². The van der Waals surface area contributed by atoms with E-state index in [-0.39, 0.29) is 11.7 Å². The zero-order chi connectivity index (χ0) is 20.5. The molecule has 29 heavy (non-hydrogen) atoms. The summed E-state index contributed by atoms with van der Waals surface area (Å²) in [7, 11) is 1.30. The maximum atomic E-state index is 12.1. The molecule has 3 aromatic rings. The van der Waals surface area contributed by atoms with E-state index in [9.17, 15) is 9.59 Å². The molecule has 2 aromatic heterocycles. The zero-order valence-electron chi connectivity index (χ0n) is 15.9. The van der Waals surface area contributed by atoms with Gasteiger partial charge < -0.3 is 14.5 Å². The Balaban J connectivity index is 1.41. The van der Waals surface area contributed by atoms with Crippen LogP contribution >= 0.6 is 11.8 Å². The van der Waals surface area contributed by atoms with Crippen molar-refractivity contribution in [2.45, 2.75) is 13.0 Å². The van der Waals surface area contributed by atoms with Gasteiger partial charge in [-0.1, -0.05) is 30.3 Å². The highest BCUT2D eigenvalue weighted by atomic mass is 32.2. The lowest BCUT2D eigenvalue weighted by Crippen LogP contribution is -2.11. The van der Waals surface area contributed by atoms with Gasteiger partial charge in [0.2, 0.25) is 11.7 Å². The second-order valence-electron chi connectivity index (χ2n) is 6.07. The number of methoxy groups -OCH3 is 1. The van der Waals surface area contributed by atoms with Gasteiger partial charge in [-0.3, -0.25) is 9.48 Å². The first kappa shape index (κ1) is 20.5. The smallest absolute Gasteiger partial charge is 0.373 e. The first-order valence-corrected chi connectivity index (χ1v) is 10.0. The van der Waals surface area contributed by atoms with Gasteiger partial charge in [0.25, 0.3) is 0 Å². The van der Waals surface area contributed by atoms with Gasteiger partial charge in [0.05, 0.1) is 25.5 Å². The minimum atomic E-state index is -0.527. The van der Waals surface area contributed by atoms with Crippen LogP contribution in [-0.2, 0) is 16.1 Å². The number of hydrogen-bond acceptors (Lipinski definition) is 6. The van der Waals surface area contributed by atoms with Crippen LogP contribution in [0.5, 0.6) is 0 Å². The lowest BCUT2D eigenvalue weighted by molar-refractivity contribution is -0.115. The molecule has 0 saturated carbocycles. The lowest BCUT2D eigenvalue weighted by atomic mass is 10.2. The van der Waals surface area contributed by atoms with Gasteiger partial charge in [-0.05, 0) is 29.2 Å². The highest BCUT2D eigenvalue weighted by Crippen LogP contribution is 2.13. The first-order valence-electron chi connectivity index (χ1n) is 8.96. The molecule has 0 unspecified atom stereocenters. The number of aromatic nitrogens is 2. The van der Waals surface area contributed by atoms with E-state index < -0.39 is 5.97 Å². The van der Waals surface area contributed by atoms with E-state index in [0.717, 1.165) is 5.56 Å². The second kappa shape index (κ2) is 10.3. The molecule has 1 amide bonds. The van der Waals surface area contributed by atoms with E-state index in [1.165, 1.54) is 7.11 Å². The molecule has 0 aliphatic carbocycles. The molecule has 150 valence electrons. The van der Waals surface area contributed by atoms with E-state index in [4.69, 9.17) is 4.42 Å². The quantitative estimate of drug-likeness (QED) is 0.422. The maximum Gasteiger partial charge on any atom is 0.373 e. The number of ether oxygens (including phenoxy) is 1. The van der Waals surface area contributed by atoms with Crippen molar-refractivity contribution >= 4 is 35.4 Å². The van der Waals surface area contributed by atoms with Crippen LogP contribution in [0.3, 0.4) is 0 Å². The number of thioether (sulfide) groups is 1. The summed E-state index contributed by atoms with van der Waals surface area (Å²) in [5.41, 5.74) is 1.74. The topological polar surface area (TPSA) is 86.4 Å². The predicted octanol–water partition coefficient (Wildman–Crippen LogP) is 4.04. The summed E-state index contributed by atoms with van der Waals surface area (Å²) in [5, 5.41) is 9.01. The SMILES string of the molecule is COC(=O)c1ccc(Cn2cc(NC(=O)CCSC=Cc3ccccc3)cn2)o1. The van der Waals surface area contributed by atoms with Crippen LogP contribution in [0.15, 0.2) is 64.7 Å². The number of rotatable bonds is 9. The number of carbonyl (C=O) groups excluding carboxylic acids is 2. The van der Waals surface area contributed by atoms with Crippen LogP contribution in [-0.4, -0.2) is 34.5 Å². The Kier molecular flexibility index (Phi) is 7.29. The van der Waals surface area contributed by atoms with Gasteiger partial charge in [0.15, 0.2) is 0 Å². The molecule has 0 atom stereocenters. The number of nitrogens with zero attached hydrogens (tertiary/aromatic N) is 2. The number of furan rings is 1. The summed E-state index contributed by atoms with van der Waals surface area (Å²) in [6, 6.07) is 13.2.